The van der Waals surface area contributed by atoms with Crippen LogP contribution in [0.4, 0.5) is 0 Å². The van der Waals surface area contributed by atoms with Crippen LogP contribution in [-0.4, -0.2) is 0 Å². The second kappa shape index (κ2) is 9.44. The van der Waals surface area contributed by atoms with Gasteiger partial charge in [-0.15, -0.1) is 0 Å². The second-order valence-corrected chi connectivity index (χ2v) is 11.2. The van der Waals surface area contributed by atoms with Crippen molar-refractivity contribution in [1.29, 1.82) is 0 Å². The summed E-state index contributed by atoms with van der Waals surface area (Å²) >= 11 is 0. The summed E-state index contributed by atoms with van der Waals surface area (Å²) < 4.78 is 6.34. The van der Waals surface area contributed by atoms with Crippen LogP contribution < -0.4 is 0 Å². The maximum absolute atomic E-state index is 6.34. The van der Waals surface area contributed by atoms with Gasteiger partial charge in [-0.1, -0.05) is 133 Å². The van der Waals surface area contributed by atoms with E-state index in [2.05, 4.69) is 152 Å². The molecule has 0 radical (unpaired) electrons. The van der Waals surface area contributed by atoms with Gasteiger partial charge in [0, 0.05) is 10.8 Å². The molecule has 0 aliphatic rings. The van der Waals surface area contributed by atoms with E-state index in [4.69, 9.17) is 4.42 Å². The van der Waals surface area contributed by atoms with Crippen molar-refractivity contribution < 1.29 is 4.42 Å². The Kier molecular flexibility index (Phi) is 5.27. The third-order valence-corrected chi connectivity index (χ3v) is 8.84. The Balaban J connectivity index is 1.46. The molecule has 0 aliphatic heterocycles. The Morgan fingerprint density at radius 3 is 1.47 bits per heavy atom. The van der Waals surface area contributed by atoms with Gasteiger partial charge in [0.1, 0.15) is 11.2 Å². The molecule has 0 unspecified atom stereocenters. The molecule has 1 aromatic heterocycles. The predicted octanol–water partition coefficient (Wildman–Crippen LogP) is 12.0. The third-order valence-electron chi connectivity index (χ3n) is 8.84. The fraction of sp³-hybridized carbons (Fsp3) is 0. The van der Waals surface area contributed by atoms with E-state index in [-0.39, 0.29) is 0 Å². The van der Waals surface area contributed by atoms with Crippen LogP contribution in [0.2, 0.25) is 0 Å². The van der Waals surface area contributed by atoms with Gasteiger partial charge in [0.15, 0.2) is 0 Å². The highest BCUT2D eigenvalue weighted by Crippen LogP contribution is 2.48. The molecule has 200 valence electrons. The number of hydrogen-bond acceptors (Lipinski definition) is 1. The van der Waals surface area contributed by atoms with Gasteiger partial charge < -0.3 is 4.42 Å². The van der Waals surface area contributed by atoms with Crippen LogP contribution in [0.15, 0.2) is 162 Å². The number of para-hydroxylation sites is 1. The van der Waals surface area contributed by atoms with Crippen LogP contribution in [0.3, 0.4) is 0 Å². The lowest BCUT2D eigenvalue weighted by Crippen LogP contribution is -1.93. The van der Waals surface area contributed by atoms with E-state index in [9.17, 15) is 0 Å². The average molecular weight is 547 g/mol. The van der Waals surface area contributed by atoms with Gasteiger partial charge in [-0.3, -0.25) is 0 Å². The average Bonchev–Trinajstić information content (AvgIpc) is 3.46. The predicted molar refractivity (Wildman–Crippen MR) is 183 cm³/mol. The first-order chi connectivity index (χ1) is 21.3. The fourth-order valence-corrected chi connectivity index (χ4v) is 7.00. The maximum atomic E-state index is 6.34. The molecular formula is C42H26O. The highest BCUT2D eigenvalue weighted by Gasteiger charge is 2.21. The maximum Gasteiger partial charge on any atom is 0.136 e. The molecule has 1 heterocycles. The van der Waals surface area contributed by atoms with Crippen molar-refractivity contribution in [2.24, 2.45) is 0 Å². The summed E-state index contributed by atoms with van der Waals surface area (Å²) in [5.74, 6) is 0. The molecule has 0 N–H and O–H groups in total. The Hall–Kier alpha value is -5.66. The van der Waals surface area contributed by atoms with Crippen LogP contribution in [0.1, 0.15) is 0 Å². The zero-order chi connectivity index (χ0) is 28.3. The zero-order valence-electron chi connectivity index (χ0n) is 23.4. The van der Waals surface area contributed by atoms with Crippen molar-refractivity contribution in [1.82, 2.24) is 0 Å². The minimum absolute atomic E-state index is 0.914. The number of rotatable bonds is 3. The van der Waals surface area contributed by atoms with Crippen LogP contribution in [0, 0.1) is 0 Å². The van der Waals surface area contributed by atoms with Crippen molar-refractivity contribution in [2.45, 2.75) is 0 Å². The van der Waals surface area contributed by atoms with E-state index in [1.165, 1.54) is 65.7 Å². The SMILES string of the molecule is c1ccc(-c2cc3ccccc3cc2-c2c3ccccc3c(-c3cccc4oc5ccccc5c34)c3ccccc23)cc1. The molecule has 0 saturated heterocycles. The standard InChI is InChI=1S/C42H26O/c1-2-13-27(14-3-1)36-25-28-15-4-5-16-29(28)26-37(36)41-32-19-8-6-17-30(32)40(31-18-7-9-20-33(31)41)35-22-12-24-39-42(35)34-21-10-11-23-38(34)43-39/h1-26H. The Morgan fingerprint density at radius 1 is 0.326 bits per heavy atom. The monoisotopic (exact) mass is 546 g/mol. The molecule has 9 aromatic rings. The van der Waals surface area contributed by atoms with Gasteiger partial charge in [0.2, 0.25) is 0 Å². The quantitative estimate of drug-likeness (QED) is 0.201. The molecule has 8 aromatic carbocycles. The fourth-order valence-electron chi connectivity index (χ4n) is 7.00. The third kappa shape index (κ3) is 3.65. The van der Waals surface area contributed by atoms with Gasteiger partial charge in [-0.25, -0.2) is 0 Å². The largest absolute Gasteiger partial charge is 0.456 e. The lowest BCUT2D eigenvalue weighted by atomic mass is 9.82. The molecule has 0 aliphatic carbocycles. The highest BCUT2D eigenvalue weighted by atomic mass is 16.3. The molecule has 1 nitrogen and oxygen atoms in total. The number of fused-ring (bicyclic) bond motifs is 6. The minimum Gasteiger partial charge on any atom is -0.456 e. The van der Waals surface area contributed by atoms with Crippen LogP contribution >= 0.6 is 0 Å². The molecule has 0 saturated carbocycles. The Bertz CT molecular complexity index is 2440. The first-order valence-electron chi connectivity index (χ1n) is 14.8. The van der Waals surface area contributed by atoms with E-state index in [0.717, 1.165) is 21.9 Å². The van der Waals surface area contributed by atoms with Crippen molar-refractivity contribution in [2.75, 3.05) is 0 Å². The second-order valence-electron chi connectivity index (χ2n) is 11.2. The lowest BCUT2D eigenvalue weighted by molar-refractivity contribution is 0.669. The van der Waals surface area contributed by atoms with Crippen molar-refractivity contribution in [3.05, 3.63) is 158 Å². The summed E-state index contributed by atoms with van der Waals surface area (Å²) in [5.41, 5.74) is 9.24. The molecular weight excluding hydrogens is 520 g/mol. The number of benzene rings is 8. The summed E-state index contributed by atoms with van der Waals surface area (Å²) in [6, 6.07) is 56.8. The van der Waals surface area contributed by atoms with Crippen molar-refractivity contribution in [3.8, 4) is 33.4 Å². The number of furan rings is 1. The molecule has 0 amide bonds. The van der Waals surface area contributed by atoms with E-state index in [1.807, 2.05) is 6.07 Å². The number of hydrogen-bond donors (Lipinski definition) is 0. The summed E-state index contributed by atoms with van der Waals surface area (Å²) in [6.45, 7) is 0. The molecule has 0 spiro atoms. The van der Waals surface area contributed by atoms with Gasteiger partial charge in [-0.05, 0) is 90.0 Å². The van der Waals surface area contributed by atoms with E-state index in [1.54, 1.807) is 0 Å². The Labute approximate surface area is 249 Å². The molecule has 1 heteroatoms. The van der Waals surface area contributed by atoms with Crippen molar-refractivity contribution >= 4 is 54.3 Å². The topological polar surface area (TPSA) is 13.1 Å². The van der Waals surface area contributed by atoms with Crippen LogP contribution in [0.25, 0.3) is 87.6 Å². The van der Waals surface area contributed by atoms with Gasteiger partial charge in [0.05, 0.1) is 0 Å². The smallest absolute Gasteiger partial charge is 0.136 e. The van der Waals surface area contributed by atoms with Crippen LogP contribution in [-0.2, 0) is 0 Å². The Morgan fingerprint density at radius 2 is 0.814 bits per heavy atom. The summed E-state index contributed by atoms with van der Waals surface area (Å²) in [4.78, 5) is 0. The molecule has 9 rings (SSSR count). The summed E-state index contributed by atoms with van der Waals surface area (Å²) in [7, 11) is 0. The lowest BCUT2D eigenvalue weighted by Gasteiger charge is -2.20. The molecule has 43 heavy (non-hydrogen) atoms. The van der Waals surface area contributed by atoms with Crippen LogP contribution in [0.5, 0.6) is 0 Å². The first kappa shape index (κ1) is 24.0. The summed E-state index contributed by atoms with van der Waals surface area (Å²) in [5, 5.41) is 9.75. The van der Waals surface area contributed by atoms with Gasteiger partial charge in [-0.2, -0.15) is 0 Å². The van der Waals surface area contributed by atoms with E-state index >= 15 is 0 Å². The zero-order valence-corrected chi connectivity index (χ0v) is 23.4. The van der Waals surface area contributed by atoms with E-state index in [0.29, 0.717) is 0 Å². The first-order valence-corrected chi connectivity index (χ1v) is 14.8. The molecule has 0 atom stereocenters. The molecule has 0 fully saturated rings. The van der Waals surface area contributed by atoms with Gasteiger partial charge in [0.25, 0.3) is 0 Å². The van der Waals surface area contributed by atoms with Crippen molar-refractivity contribution in [3.63, 3.8) is 0 Å². The molecule has 0 bridgehead atoms. The summed E-state index contributed by atoms with van der Waals surface area (Å²) in [6.07, 6.45) is 0. The highest BCUT2D eigenvalue weighted by molar-refractivity contribution is 6.26. The van der Waals surface area contributed by atoms with E-state index < -0.39 is 0 Å². The minimum atomic E-state index is 0.914. The van der Waals surface area contributed by atoms with Gasteiger partial charge >= 0.3 is 0 Å². The normalized spacial score (nSPS) is 11.7.